The summed E-state index contributed by atoms with van der Waals surface area (Å²) in [6, 6.07) is 4.23. The van der Waals surface area contributed by atoms with Gasteiger partial charge < -0.3 is 10.5 Å². The van der Waals surface area contributed by atoms with E-state index >= 15 is 0 Å². The van der Waals surface area contributed by atoms with Gasteiger partial charge in [0.15, 0.2) is 0 Å². The Labute approximate surface area is 90.2 Å². The Kier molecular flexibility index (Phi) is 2.74. The van der Waals surface area contributed by atoms with Crippen LogP contribution in [0.2, 0.25) is 0 Å². The molecular formula is C9H12BrNOS. The fourth-order valence-electron chi connectivity index (χ4n) is 1.66. The van der Waals surface area contributed by atoms with Crippen LogP contribution < -0.4 is 5.73 Å². The van der Waals surface area contributed by atoms with Crippen molar-refractivity contribution >= 4 is 27.3 Å². The summed E-state index contributed by atoms with van der Waals surface area (Å²) in [6.45, 7) is 2.29. The third-order valence-electron chi connectivity index (χ3n) is 2.59. The van der Waals surface area contributed by atoms with E-state index in [1.54, 1.807) is 11.3 Å². The Morgan fingerprint density at radius 1 is 1.62 bits per heavy atom. The topological polar surface area (TPSA) is 35.2 Å². The van der Waals surface area contributed by atoms with E-state index in [2.05, 4.69) is 28.1 Å². The molecule has 1 aliphatic rings. The predicted octanol–water partition coefficient (Wildman–Crippen LogP) is 2.13. The molecule has 1 aromatic rings. The van der Waals surface area contributed by atoms with Gasteiger partial charge >= 0.3 is 0 Å². The molecule has 0 aromatic carbocycles. The van der Waals surface area contributed by atoms with Crippen LogP contribution in [0.25, 0.3) is 0 Å². The van der Waals surface area contributed by atoms with Crippen molar-refractivity contribution in [2.24, 2.45) is 5.73 Å². The van der Waals surface area contributed by atoms with Crippen LogP contribution >= 0.6 is 27.3 Å². The molecule has 2 nitrogen and oxygen atoms in total. The molecule has 2 N–H and O–H groups in total. The molecule has 1 aliphatic heterocycles. The average Bonchev–Trinajstić information content (AvgIpc) is 2.73. The molecule has 0 saturated carbocycles. The van der Waals surface area contributed by atoms with Crippen molar-refractivity contribution in [1.29, 1.82) is 0 Å². The second-order valence-electron chi connectivity index (χ2n) is 3.39. The highest BCUT2D eigenvalue weighted by Gasteiger charge is 2.36. The normalized spacial score (nSPS) is 28.2. The van der Waals surface area contributed by atoms with E-state index < -0.39 is 0 Å². The average molecular weight is 262 g/mol. The molecule has 4 heteroatoms. The summed E-state index contributed by atoms with van der Waals surface area (Å²) < 4.78 is 6.60. The number of thiophene rings is 1. The van der Waals surface area contributed by atoms with Crippen molar-refractivity contribution in [1.82, 2.24) is 0 Å². The summed E-state index contributed by atoms with van der Waals surface area (Å²) in [4.78, 5) is 1.35. The first-order chi connectivity index (χ1) is 6.27. The van der Waals surface area contributed by atoms with Gasteiger partial charge in [-0.1, -0.05) is 0 Å². The molecule has 0 spiro atoms. The lowest BCUT2D eigenvalue weighted by Crippen LogP contribution is -2.34. The van der Waals surface area contributed by atoms with E-state index in [0.717, 1.165) is 19.6 Å². The molecule has 0 radical (unpaired) electrons. The molecule has 1 unspecified atom stereocenters. The van der Waals surface area contributed by atoms with Crippen LogP contribution in [0, 0.1) is 0 Å². The monoisotopic (exact) mass is 261 g/mol. The molecule has 0 bridgehead atoms. The zero-order valence-electron chi connectivity index (χ0n) is 7.25. The number of rotatable bonds is 2. The highest BCUT2D eigenvalue weighted by Crippen LogP contribution is 2.37. The first-order valence-electron chi connectivity index (χ1n) is 4.30. The van der Waals surface area contributed by atoms with Crippen LogP contribution in [-0.4, -0.2) is 19.8 Å². The van der Waals surface area contributed by atoms with Crippen LogP contribution in [0.5, 0.6) is 0 Å². The van der Waals surface area contributed by atoms with Gasteiger partial charge in [-0.3, -0.25) is 0 Å². The van der Waals surface area contributed by atoms with Crippen LogP contribution in [-0.2, 0) is 10.2 Å². The Morgan fingerprint density at radius 2 is 2.46 bits per heavy atom. The largest absolute Gasteiger partial charge is 0.380 e. The third kappa shape index (κ3) is 1.68. The molecule has 13 heavy (non-hydrogen) atoms. The summed E-state index contributed by atoms with van der Waals surface area (Å²) in [7, 11) is 0. The molecule has 72 valence electrons. The van der Waals surface area contributed by atoms with Crippen LogP contribution in [0.15, 0.2) is 15.9 Å². The number of nitrogens with two attached hydrogens (primary N) is 1. The number of hydrogen-bond donors (Lipinski definition) is 1. The smallest absolute Gasteiger partial charge is 0.0701 e. The molecule has 1 atom stereocenters. The third-order valence-corrected chi connectivity index (χ3v) is 4.46. The van der Waals surface area contributed by atoms with E-state index in [-0.39, 0.29) is 5.41 Å². The van der Waals surface area contributed by atoms with Crippen molar-refractivity contribution < 1.29 is 4.74 Å². The maximum Gasteiger partial charge on any atom is 0.0701 e. The molecular weight excluding hydrogens is 250 g/mol. The van der Waals surface area contributed by atoms with Gasteiger partial charge in [-0.2, -0.15) is 0 Å². The number of hydrogen-bond acceptors (Lipinski definition) is 3. The lowest BCUT2D eigenvalue weighted by molar-refractivity contribution is 0.179. The van der Waals surface area contributed by atoms with Crippen molar-refractivity contribution in [2.75, 3.05) is 19.8 Å². The maximum absolute atomic E-state index is 5.82. The van der Waals surface area contributed by atoms with Gasteiger partial charge in [-0.05, 0) is 34.5 Å². The number of ether oxygens (including phenoxy) is 1. The van der Waals surface area contributed by atoms with E-state index in [9.17, 15) is 0 Å². The minimum Gasteiger partial charge on any atom is -0.380 e. The lowest BCUT2D eigenvalue weighted by Gasteiger charge is -2.23. The minimum atomic E-state index is 0.0939. The van der Waals surface area contributed by atoms with Gasteiger partial charge in [0.25, 0.3) is 0 Å². The van der Waals surface area contributed by atoms with Gasteiger partial charge in [-0.15, -0.1) is 11.3 Å². The van der Waals surface area contributed by atoms with Crippen molar-refractivity contribution in [3.8, 4) is 0 Å². The van der Waals surface area contributed by atoms with Gasteiger partial charge in [0.2, 0.25) is 0 Å². The van der Waals surface area contributed by atoms with Crippen molar-refractivity contribution in [3.05, 3.63) is 20.8 Å². The second kappa shape index (κ2) is 3.69. The van der Waals surface area contributed by atoms with Crippen LogP contribution in [0.4, 0.5) is 0 Å². The molecule has 1 aromatic heterocycles. The molecule has 1 fully saturated rings. The molecule has 2 heterocycles. The summed E-state index contributed by atoms with van der Waals surface area (Å²) in [5.41, 5.74) is 5.92. The minimum absolute atomic E-state index is 0.0939. The quantitative estimate of drug-likeness (QED) is 0.886. The Bertz CT molecular complexity index is 294. The van der Waals surface area contributed by atoms with Crippen molar-refractivity contribution in [3.63, 3.8) is 0 Å². The summed E-state index contributed by atoms with van der Waals surface area (Å²) in [5.74, 6) is 0. The van der Waals surface area contributed by atoms with Crippen LogP contribution in [0.1, 0.15) is 11.3 Å². The van der Waals surface area contributed by atoms with Gasteiger partial charge in [0.05, 0.1) is 10.4 Å². The SMILES string of the molecule is NCC1(c2ccc(Br)s2)CCOC1. The molecule has 0 aliphatic carbocycles. The Hall–Kier alpha value is 0.1000. The van der Waals surface area contributed by atoms with E-state index in [4.69, 9.17) is 10.5 Å². The summed E-state index contributed by atoms with van der Waals surface area (Å²) in [6.07, 6.45) is 1.05. The zero-order chi connectivity index (χ0) is 9.31. The first kappa shape index (κ1) is 9.65. The van der Waals surface area contributed by atoms with E-state index in [1.807, 2.05) is 0 Å². The Morgan fingerprint density at radius 3 is 2.92 bits per heavy atom. The molecule has 0 amide bonds. The highest BCUT2D eigenvalue weighted by molar-refractivity contribution is 9.11. The van der Waals surface area contributed by atoms with Gasteiger partial charge in [0.1, 0.15) is 0 Å². The molecule has 2 rings (SSSR count). The van der Waals surface area contributed by atoms with E-state index in [0.29, 0.717) is 6.54 Å². The second-order valence-corrected chi connectivity index (χ2v) is 5.85. The van der Waals surface area contributed by atoms with E-state index in [1.165, 1.54) is 8.66 Å². The number of halogens is 1. The summed E-state index contributed by atoms with van der Waals surface area (Å²) >= 11 is 5.23. The first-order valence-corrected chi connectivity index (χ1v) is 5.91. The molecule has 1 saturated heterocycles. The fraction of sp³-hybridized carbons (Fsp3) is 0.556. The van der Waals surface area contributed by atoms with Gasteiger partial charge in [-0.25, -0.2) is 0 Å². The zero-order valence-corrected chi connectivity index (χ0v) is 9.66. The van der Waals surface area contributed by atoms with Gasteiger partial charge in [0, 0.05) is 23.4 Å². The van der Waals surface area contributed by atoms with Crippen LogP contribution in [0.3, 0.4) is 0 Å². The summed E-state index contributed by atoms with van der Waals surface area (Å²) in [5, 5.41) is 0. The highest BCUT2D eigenvalue weighted by atomic mass is 79.9. The standard InChI is InChI=1S/C9H12BrNOS/c10-8-2-1-7(13-8)9(5-11)3-4-12-6-9/h1-2H,3-6,11H2. The fourth-order valence-corrected chi connectivity index (χ4v) is 3.26. The maximum atomic E-state index is 5.82. The lowest BCUT2D eigenvalue weighted by atomic mass is 9.86. The van der Waals surface area contributed by atoms with Crippen molar-refractivity contribution in [2.45, 2.75) is 11.8 Å². The Balaban J connectivity index is 2.30. The predicted molar refractivity (Wildman–Crippen MR) is 58.2 cm³/mol.